The standard InChI is InChI=1S/C20H21ClN2O8/c1-3-23(20(29)30-10-12-4-6-13(21)7-5-12)11(2)9-22-18(26)15-8-14(24)16(25)17(31-15)19(27)28/h4-8,11,25H,3,9-10H2,1-2H3,(H,22,26)(H,27,28)/t11-/m1/s1. The summed E-state index contributed by atoms with van der Waals surface area (Å²) in [7, 11) is 0. The molecule has 31 heavy (non-hydrogen) atoms. The Balaban J connectivity index is 1.97. The van der Waals surface area contributed by atoms with Crippen LogP contribution in [-0.2, 0) is 11.3 Å². The molecule has 0 radical (unpaired) electrons. The van der Waals surface area contributed by atoms with Crippen molar-refractivity contribution in [2.75, 3.05) is 13.1 Å². The molecule has 1 aromatic carbocycles. The highest BCUT2D eigenvalue weighted by Gasteiger charge is 2.23. The Morgan fingerprint density at radius 2 is 1.90 bits per heavy atom. The van der Waals surface area contributed by atoms with Crippen molar-refractivity contribution in [1.82, 2.24) is 10.2 Å². The lowest BCUT2D eigenvalue weighted by atomic mass is 10.2. The maximum atomic E-state index is 12.4. The van der Waals surface area contributed by atoms with Gasteiger partial charge in [0.1, 0.15) is 6.61 Å². The molecule has 0 aliphatic rings. The summed E-state index contributed by atoms with van der Waals surface area (Å²) in [5, 5.41) is 21.4. The summed E-state index contributed by atoms with van der Waals surface area (Å²) in [6.45, 7) is 3.72. The van der Waals surface area contributed by atoms with E-state index in [1.165, 1.54) is 4.90 Å². The van der Waals surface area contributed by atoms with E-state index in [-0.39, 0.29) is 13.2 Å². The number of benzene rings is 1. The zero-order valence-corrected chi connectivity index (χ0v) is 17.5. The van der Waals surface area contributed by atoms with E-state index < -0.39 is 46.7 Å². The number of carboxylic acid groups (broad SMARTS) is 1. The van der Waals surface area contributed by atoms with Crippen LogP contribution in [0.1, 0.15) is 40.5 Å². The molecule has 10 nitrogen and oxygen atoms in total. The Bertz CT molecular complexity index is 1020. The molecule has 1 atom stereocenters. The molecule has 11 heteroatoms. The van der Waals surface area contributed by atoms with Gasteiger partial charge in [-0.3, -0.25) is 9.59 Å². The summed E-state index contributed by atoms with van der Waals surface area (Å²) < 4.78 is 10.1. The number of likely N-dealkylation sites (N-methyl/N-ethyl adjacent to an activating group) is 1. The number of halogens is 1. The Morgan fingerprint density at radius 3 is 2.48 bits per heavy atom. The van der Waals surface area contributed by atoms with Crippen molar-refractivity contribution in [3.05, 3.63) is 62.7 Å². The number of aromatic carboxylic acids is 1. The summed E-state index contributed by atoms with van der Waals surface area (Å²) in [6, 6.07) is 7.00. The first-order chi connectivity index (χ1) is 14.6. The Labute approximate surface area is 182 Å². The summed E-state index contributed by atoms with van der Waals surface area (Å²) >= 11 is 5.82. The summed E-state index contributed by atoms with van der Waals surface area (Å²) in [5.41, 5.74) is -0.311. The lowest BCUT2D eigenvalue weighted by Gasteiger charge is -2.27. The van der Waals surface area contributed by atoms with E-state index in [0.717, 1.165) is 5.56 Å². The molecule has 3 N–H and O–H groups in total. The van der Waals surface area contributed by atoms with Gasteiger partial charge in [0.2, 0.25) is 11.2 Å². The first kappa shape index (κ1) is 23.7. The highest BCUT2D eigenvalue weighted by atomic mass is 35.5. The largest absolute Gasteiger partial charge is 0.501 e. The average molecular weight is 453 g/mol. The van der Waals surface area contributed by atoms with Crippen molar-refractivity contribution < 1.29 is 33.8 Å². The Morgan fingerprint density at radius 1 is 1.26 bits per heavy atom. The predicted molar refractivity (Wildman–Crippen MR) is 109 cm³/mol. The smallest absolute Gasteiger partial charge is 0.410 e. The molecule has 0 unspecified atom stereocenters. The van der Waals surface area contributed by atoms with Crippen LogP contribution in [0.5, 0.6) is 5.75 Å². The number of amides is 2. The van der Waals surface area contributed by atoms with Crippen molar-refractivity contribution in [3.8, 4) is 5.75 Å². The number of hydrogen-bond acceptors (Lipinski definition) is 7. The lowest BCUT2D eigenvalue weighted by Crippen LogP contribution is -2.45. The van der Waals surface area contributed by atoms with Crippen LogP contribution in [0, 0.1) is 0 Å². The number of hydrogen-bond donors (Lipinski definition) is 3. The van der Waals surface area contributed by atoms with Gasteiger partial charge in [-0.15, -0.1) is 0 Å². The fraction of sp³-hybridized carbons (Fsp3) is 0.300. The first-order valence-corrected chi connectivity index (χ1v) is 9.58. The quantitative estimate of drug-likeness (QED) is 0.553. The molecule has 0 aliphatic carbocycles. The molecule has 0 bridgehead atoms. The number of carbonyl (C=O) groups is 3. The fourth-order valence-electron chi connectivity index (χ4n) is 2.61. The van der Waals surface area contributed by atoms with Gasteiger partial charge < -0.3 is 29.6 Å². The van der Waals surface area contributed by atoms with Crippen molar-refractivity contribution in [2.24, 2.45) is 0 Å². The summed E-state index contributed by atoms with van der Waals surface area (Å²) in [6.07, 6.45) is -0.594. The minimum absolute atomic E-state index is 0.0320. The minimum atomic E-state index is -1.70. The van der Waals surface area contributed by atoms with E-state index in [4.69, 9.17) is 25.9 Å². The molecule has 0 fully saturated rings. The van der Waals surface area contributed by atoms with Gasteiger partial charge in [-0.2, -0.15) is 0 Å². The second-order valence-corrected chi connectivity index (χ2v) is 6.92. The van der Waals surface area contributed by atoms with E-state index >= 15 is 0 Å². The third-order valence-corrected chi connectivity index (χ3v) is 4.53. The van der Waals surface area contributed by atoms with Crippen molar-refractivity contribution in [1.29, 1.82) is 0 Å². The molecular weight excluding hydrogens is 432 g/mol. The molecule has 1 aromatic heterocycles. The van der Waals surface area contributed by atoms with E-state index in [0.29, 0.717) is 17.6 Å². The molecule has 0 saturated carbocycles. The van der Waals surface area contributed by atoms with Gasteiger partial charge in [-0.25, -0.2) is 9.59 Å². The Hall–Kier alpha value is -3.53. The number of rotatable bonds is 8. The topological polar surface area (TPSA) is 146 Å². The third-order valence-electron chi connectivity index (χ3n) is 4.28. The van der Waals surface area contributed by atoms with Crippen molar-refractivity contribution in [3.63, 3.8) is 0 Å². The second kappa shape index (κ2) is 10.5. The first-order valence-electron chi connectivity index (χ1n) is 9.20. The van der Waals surface area contributed by atoms with Crippen LogP contribution < -0.4 is 10.7 Å². The molecular formula is C20H21ClN2O8. The number of ether oxygens (including phenoxy) is 1. The van der Waals surface area contributed by atoms with Crippen LogP contribution in [0.2, 0.25) is 5.02 Å². The molecule has 0 aliphatic heterocycles. The van der Waals surface area contributed by atoms with Gasteiger partial charge >= 0.3 is 12.1 Å². The van der Waals surface area contributed by atoms with Crippen LogP contribution >= 0.6 is 11.6 Å². The molecule has 2 aromatic rings. The number of nitrogens with one attached hydrogen (secondary N) is 1. The Kier molecular flexibility index (Phi) is 8.03. The minimum Gasteiger partial charge on any atom is -0.501 e. The van der Waals surface area contributed by atoms with Crippen LogP contribution in [0.25, 0.3) is 0 Å². The van der Waals surface area contributed by atoms with Gasteiger partial charge in [0, 0.05) is 30.2 Å². The fourth-order valence-corrected chi connectivity index (χ4v) is 2.74. The van der Waals surface area contributed by atoms with E-state index in [2.05, 4.69) is 5.32 Å². The number of carbonyl (C=O) groups excluding carboxylic acids is 2. The van der Waals surface area contributed by atoms with Crippen LogP contribution in [-0.4, -0.2) is 52.2 Å². The van der Waals surface area contributed by atoms with E-state index in [1.54, 1.807) is 38.1 Å². The second-order valence-electron chi connectivity index (χ2n) is 6.48. The highest BCUT2D eigenvalue weighted by molar-refractivity contribution is 6.30. The molecule has 1 heterocycles. The molecule has 2 amide bonds. The van der Waals surface area contributed by atoms with Gasteiger partial charge in [0.25, 0.3) is 11.7 Å². The average Bonchev–Trinajstić information content (AvgIpc) is 2.73. The third kappa shape index (κ3) is 6.22. The van der Waals surface area contributed by atoms with Crippen LogP contribution in [0.15, 0.2) is 39.5 Å². The van der Waals surface area contributed by atoms with Gasteiger partial charge in [0.05, 0.1) is 0 Å². The van der Waals surface area contributed by atoms with Crippen LogP contribution in [0.3, 0.4) is 0 Å². The van der Waals surface area contributed by atoms with E-state index in [1.807, 2.05) is 0 Å². The van der Waals surface area contributed by atoms with Crippen molar-refractivity contribution >= 4 is 29.6 Å². The number of aromatic hydroxyl groups is 1. The molecule has 2 rings (SSSR count). The lowest BCUT2D eigenvalue weighted by molar-refractivity contribution is 0.0647. The highest BCUT2D eigenvalue weighted by Crippen LogP contribution is 2.14. The van der Waals surface area contributed by atoms with Crippen molar-refractivity contribution in [2.45, 2.75) is 26.5 Å². The zero-order chi connectivity index (χ0) is 23.1. The molecule has 166 valence electrons. The summed E-state index contributed by atoms with van der Waals surface area (Å²) in [4.78, 5) is 48.6. The maximum absolute atomic E-state index is 12.4. The monoisotopic (exact) mass is 452 g/mol. The predicted octanol–water partition coefficient (Wildman–Crippen LogP) is 2.47. The van der Waals surface area contributed by atoms with Crippen LogP contribution in [0.4, 0.5) is 4.79 Å². The number of carboxylic acids is 1. The molecule has 0 saturated heterocycles. The van der Waals surface area contributed by atoms with Gasteiger partial charge in [0.15, 0.2) is 5.76 Å². The maximum Gasteiger partial charge on any atom is 0.410 e. The summed E-state index contributed by atoms with van der Waals surface area (Å²) in [5.74, 6) is -5.29. The molecule has 0 spiro atoms. The van der Waals surface area contributed by atoms with E-state index in [9.17, 15) is 24.3 Å². The van der Waals surface area contributed by atoms with Gasteiger partial charge in [-0.05, 0) is 31.5 Å². The SMILES string of the molecule is CCN(C(=O)OCc1ccc(Cl)cc1)[C@H](C)CNC(=O)c1cc(=O)c(O)c(C(=O)O)o1. The number of nitrogens with zero attached hydrogens (tertiary/aromatic N) is 1. The van der Waals surface area contributed by atoms with Gasteiger partial charge in [-0.1, -0.05) is 23.7 Å². The zero-order valence-electron chi connectivity index (χ0n) is 16.8. The normalized spacial score (nSPS) is 11.5.